The molecule has 1 aromatic carbocycles. The van der Waals surface area contributed by atoms with E-state index in [2.05, 4.69) is 6.07 Å². The van der Waals surface area contributed by atoms with Crippen LogP contribution in [0.3, 0.4) is 0 Å². The molecule has 15 heavy (non-hydrogen) atoms. The molecule has 1 unspecified atom stereocenters. The molecule has 0 amide bonds. The van der Waals surface area contributed by atoms with Crippen LogP contribution in [0.1, 0.15) is 12.5 Å². The molecule has 0 fully saturated rings. The van der Waals surface area contributed by atoms with Gasteiger partial charge in [-0.05, 0) is 30.7 Å². The van der Waals surface area contributed by atoms with Crippen molar-refractivity contribution in [1.29, 1.82) is 0 Å². The average molecular weight is 205 g/mol. The second kappa shape index (κ2) is 3.68. The van der Waals surface area contributed by atoms with Crippen molar-refractivity contribution in [2.75, 3.05) is 13.7 Å². The first-order valence-electron chi connectivity index (χ1n) is 4.92. The van der Waals surface area contributed by atoms with Gasteiger partial charge < -0.3 is 14.9 Å². The summed E-state index contributed by atoms with van der Waals surface area (Å²) in [5, 5.41) is 1.07. The molecular formula is C12H15NO2. The lowest BCUT2D eigenvalue weighted by Crippen LogP contribution is -2.33. The molecule has 0 aliphatic carbocycles. The fourth-order valence-corrected chi connectivity index (χ4v) is 1.61. The van der Waals surface area contributed by atoms with Crippen molar-refractivity contribution in [2.45, 2.75) is 12.5 Å². The zero-order valence-corrected chi connectivity index (χ0v) is 8.99. The quantitative estimate of drug-likeness (QED) is 0.836. The van der Waals surface area contributed by atoms with E-state index < -0.39 is 5.60 Å². The average Bonchev–Trinajstić information content (AvgIpc) is 2.74. The predicted molar refractivity (Wildman–Crippen MR) is 59.6 cm³/mol. The van der Waals surface area contributed by atoms with Crippen LogP contribution in [0.2, 0.25) is 0 Å². The van der Waals surface area contributed by atoms with Gasteiger partial charge in [0.2, 0.25) is 0 Å². The molecule has 2 rings (SSSR count). The largest absolute Gasteiger partial charge is 0.464 e. The standard InChI is InChI=1S/C12H15NO2/c1-12(8-13,14-2)10-3-4-11-9(7-10)5-6-15-11/h3-7H,8,13H2,1-2H3. The summed E-state index contributed by atoms with van der Waals surface area (Å²) < 4.78 is 10.7. The minimum Gasteiger partial charge on any atom is -0.464 e. The van der Waals surface area contributed by atoms with Crippen LogP contribution in [-0.2, 0) is 10.3 Å². The lowest BCUT2D eigenvalue weighted by Gasteiger charge is -2.26. The van der Waals surface area contributed by atoms with E-state index in [4.69, 9.17) is 14.9 Å². The third-order valence-corrected chi connectivity index (χ3v) is 2.90. The van der Waals surface area contributed by atoms with Crippen LogP contribution in [0.4, 0.5) is 0 Å². The monoisotopic (exact) mass is 205 g/mol. The molecule has 0 aliphatic heterocycles. The van der Waals surface area contributed by atoms with Crippen LogP contribution >= 0.6 is 0 Å². The molecule has 80 valence electrons. The predicted octanol–water partition coefficient (Wildman–Crippen LogP) is 2.25. The third-order valence-electron chi connectivity index (χ3n) is 2.90. The van der Waals surface area contributed by atoms with Gasteiger partial charge in [0.05, 0.1) is 6.26 Å². The summed E-state index contributed by atoms with van der Waals surface area (Å²) >= 11 is 0. The minimum atomic E-state index is -0.425. The molecule has 0 aliphatic rings. The van der Waals surface area contributed by atoms with Crippen LogP contribution in [0.5, 0.6) is 0 Å². The fourth-order valence-electron chi connectivity index (χ4n) is 1.61. The molecular weight excluding hydrogens is 190 g/mol. The Hall–Kier alpha value is -1.32. The zero-order chi connectivity index (χ0) is 10.9. The number of benzene rings is 1. The van der Waals surface area contributed by atoms with E-state index in [-0.39, 0.29) is 0 Å². The normalized spacial score (nSPS) is 15.4. The summed E-state index contributed by atoms with van der Waals surface area (Å²) in [6, 6.07) is 7.92. The minimum absolute atomic E-state index is 0.425. The van der Waals surface area contributed by atoms with E-state index in [0.717, 1.165) is 16.5 Å². The van der Waals surface area contributed by atoms with Crippen LogP contribution in [0, 0.1) is 0 Å². The number of ether oxygens (including phenoxy) is 1. The van der Waals surface area contributed by atoms with Crippen LogP contribution in [0.25, 0.3) is 11.0 Å². The second-order valence-electron chi connectivity index (χ2n) is 3.81. The van der Waals surface area contributed by atoms with Gasteiger partial charge in [0, 0.05) is 19.0 Å². The molecule has 2 N–H and O–H groups in total. The van der Waals surface area contributed by atoms with Crippen molar-refractivity contribution < 1.29 is 9.15 Å². The Labute approximate surface area is 88.8 Å². The lowest BCUT2D eigenvalue weighted by atomic mass is 9.95. The number of furan rings is 1. The van der Waals surface area contributed by atoms with Gasteiger partial charge in [-0.15, -0.1) is 0 Å². The number of methoxy groups -OCH3 is 1. The maximum atomic E-state index is 5.72. The maximum absolute atomic E-state index is 5.72. The second-order valence-corrected chi connectivity index (χ2v) is 3.81. The molecule has 0 radical (unpaired) electrons. The summed E-state index contributed by atoms with van der Waals surface area (Å²) in [5.74, 6) is 0. The van der Waals surface area contributed by atoms with Gasteiger partial charge in [-0.2, -0.15) is 0 Å². The van der Waals surface area contributed by atoms with Crippen molar-refractivity contribution in [1.82, 2.24) is 0 Å². The highest BCUT2D eigenvalue weighted by Crippen LogP contribution is 2.27. The number of hydrogen-bond donors (Lipinski definition) is 1. The Bertz CT molecular complexity index is 457. The lowest BCUT2D eigenvalue weighted by molar-refractivity contribution is 0.0102. The van der Waals surface area contributed by atoms with E-state index in [9.17, 15) is 0 Å². The van der Waals surface area contributed by atoms with Gasteiger partial charge in [-0.3, -0.25) is 0 Å². The van der Waals surface area contributed by atoms with E-state index >= 15 is 0 Å². The first-order chi connectivity index (χ1) is 7.19. The SMILES string of the molecule is COC(C)(CN)c1ccc2occc2c1. The van der Waals surface area contributed by atoms with Crippen LogP contribution in [0.15, 0.2) is 34.9 Å². The smallest absolute Gasteiger partial charge is 0.133 e. The molecule has 0 spiro atoms. The number of hydrogen-bond acceptors (Lipinski definition) is 3. The topological polar surface area (TPSA) is 48.4 Å². The van der Waals surface area contributed by atoms with Gasteiger partial charge in [-0.1, -0.05) is 6.07 Å². The Morgan fingerprint density at radius 2 is 2.20 bits per heavy atom. The van der Waals surface area contributed by atoms with Crippen molar-refractivity contribution >= 4 is 11.0 Å². The highest BCUT2D eigenvalue weighted by molar-refractivity contribution is 5.77. The van der Waals surface area contributed by atoms with Crippen molar-refractivity contribution in [2.24, 2.45) is 5.73 Å². The molecule has 3 nitrogen and oxygen atoms in total. The van der Waals surface area contributed by atoms with Gasteiger partial charge in [-0.25, -0.2) is 0 Å². The molecule has 2 aromatic rings. The first-order valence-corrected chi connectivity index (χ1v) is 4.92. The van der Waals surface area contributed by atoms with Gasteiger partial charge >= 0.3 is 0 Å². The van der Waals surface area contributed by atoms with Crippen LogP contribution in [-0.4, -0.2) is 13.7 Å². The van der Waals surface area contributed by atoms with Crippen molar-refractivity contribution in [3.05, 3.63) is 36.1 Å². The molecule has 0 bridgehead atoms. The Kier molecular flexibility index (Phi) is 2.50. The summed E-state index contributed by atoms with van der Waals surface area (Å²) in [6.07, 6.45) is 1.68. The number of nitrogens with two attached hydrogens (primary N) is 1. The highest BCUT2D eigenvalue weighted by atomic mass is 16.5. The molecule has 0 saturated carbocycles. The highest BCUT2D eigenvalue weighted by Gasteiger charge is 2.24. The summed E-state index contributed by atoms with van der Waals surface area (Å²) in [7, 11) is 1.67. The number of fused-ring (bicyclic) bond motifs is 1. The van der Waals surface area contributed by atoms with E-state index in [1.165, 1.54) is 0 Å². The molecule has 1 atom stereocenters. The van der Waals surface area contributed by atoms with Gasteiger partial charge in [0.15, 0.2) is 0 Å². The van der Waals surface area contributed by atoms with Crippen LogP contribution < -0.4 is 5.73 Å². The fraction of sp³-hybridized carbons (Fsp3) is 0.333. The molecule has 1 aromatic heterocycles. The van der Waals surface area contributed by atoms with E-state index in [1.807, 2.05) is 25.1 Å². The first kappa shape index (κ1) is 10.2. The maximum Gasteiger partial charge on any atom is 0.133 e. The third kappa shape index (κ3) is 1.64. The summed E-state index contributed by atoms with van der Waals surface area (Å²) in [4.78, 5) is 0. The van der Waals surface area contributed by atoms with E-state index in [1.54, 1.807) is 13.4 Å². The molecule has 1 heterocycles. The molecule has 3 heteroatoms. The Morgan fingerprint density at radius 1 is 1.40 bits per heavy atom. The van der Waals surface area contributed by atoms with Gasteiger partial charge in [0.1, 0.15) is 11.2 Å². The van der Waals surface area contributed by atoms with Crippen molar-refractivity contribution in [3.8, 4) is 0 Å². The summed E-state index contributed by atoms with van der Waals surface area (Å²) in [5.41, 5.74) is 7.25. The van der Waals surface area contributed by atoms with Crippen molar-refractivity contribution in [3.63, 3.8) is 0 Å². The summed E-state index contributed by atoms with van der Waals surface area (Å²) in [6.45, 7) is 2.43. The van der Waals surface area contributed by atoms with Gasteiger partial charge in [0.25, 0.3) is 0 Å². The Balaban J connectivity index is 2.51. The molecule has 0 saturated heterocycles. The zero-order valence-electron chi connectivity index (χ0n) is 8.99. The Morgan fingerprint density at radius 3 is 2.87 bits per heavy atom. The number of rotatable bonds is 3. The van der Waals surface area contributed by atoms with E-state index in [0.29, 0.717) is 6.54 Å².